The summed E-state index contributed by atoms with van der Waals surface area (Å²) in [5.74, 6) is 0.571. The number of hydrogen-bond acceptors (Lipinski definition) is 4. The molecular weight excluding hydrogens is 238 g/mol. The van der Waals surface area contributed by atoms with E-state index < -0.39 is 0 Å². The Kier molecular flexibility index (Phi) is 4.56. The Bertz CT molecular complexity index is 298. The third-order valence-corrected chi connectivity index (χ3v) is 5.86. The first-order valence-electron chi connectivity index (χ1n) is 7.61. The van der Waals surface area contributed by atoms with Crippen LogP contribution < -0.4 is 5.73 Å². The molecule has 1 saturated heterocycles. The van der Waals surface area contributed by atoms with E-state index in [0.29, 0.717) is 18.0 Å². The van der Waals surface area contributed by atoms with E-state index in [9.17, 15) is 0 Å². The van der Waals surface area contributed by atoms with Crippen LogP contribution in [0.15, 0.2) is 0 Å². The van der Waals surface area contributed by atoms with E-state index in [2.05, 4.69) is 37.9 Å². The zero-order valence-electron chi connectivity index (χ0n) is 13.1. The number of rotatable bonds is 6. The molecule has 0 aromatic heterocycles. The summed E-state index contributed by atoms with van der Waals surface area (Å²) in [6.07, 6.45) is 5.13. The molecule has 0 aromatic rings. The topological polar surface area (TPSA) is 41.7 Å². The van der Waals surface area contributed by atoms with Crippen molar-refractivity contribution in [1.29, 1.82) is 0 Å². The van der Waals surface area contributed by atoms with Crippen LogP contribution >= 0.6 is 0 Å². The van der Waals surface area contributed by atoms with Gasteiger partial charge in [0.2, 0.25) is 0 Å². The average molecular weight is 269 g/mol. The fourth-order valence-corrected chi connectivity index (χ4v) is 3.61. The molecule has 0 spiro atoms. The highest BCUT2D eigenvalue weighted by atomic mass is 16.5. The maximum Gasteiger partial charge on any atom is 0.0513 e. The molecule has 1 heterocycles. The van der Waals surface area contributed by atoms with Crippen LogP contribution in [0.3, 0.4) is 0 Å². The Morgan fingerprint density at radius 3 is 2.37 bits per heavy atom. The second-order valence-corrected chi connectivity index (χ2v) is 6.95. The molecule has 2 rings (SSSR count). The van der Waals surface area contributed by atoms with Crippen LogP contribution in [0.5, 0.6) is 0 Å². The highest BCUT2D eigenvalue weighted by Crippen LogP contribution is 2.39. The molecule has 4 nitrogen and oxygen atoms in total. The minimum absolute atomic E-state index is 0.0646. The number of ether oxygens (including phenoxy) is 1. The van der Waals surface area contributed by atoms with Gasteiger partial charge in [0.15, 0.2) is 0 Å². The van der Waals surface area contributed by atoms with Gasteiger partial charge in [-0.05, 0) is 53.8 Å². The summed E-state index contributed by atoms with van der Waals surface area (Å²) in [6.45, 7) is 5.90. The van der Waals surface area contributed by atoms with Crippen molar-refractivity contribution in [3.05, 3.63) is 0 Å². The van der Waals surface area contributed by atoms with Crippen molar-refractivity contribution in [2.45, 2.75) is 43.7 Å². The molecule has 0 bridgehead atoms. The van der Waals surface area contributed by atoms with Crippen LogP contribution in [0.2, 0.25) is 0 Å². The van der Waals surface area contributed by atoms with Gasteiger partial charge in [0.05, 0.1) is 6.61 Å². The summed E-state index contributed by atoms with van der Waals surface area (Å²) in [6, 6.07) is 0. The quantitative estimate of drug-likeness (QED) is 0.785. The van der Waals surface area contributed by atoms with Crippen LogP contribution in [-0.4, -0.2) is 68.3 Å². The summed E-state index contributed by atoms with van der Waals surface area (Å²) < 4.78 is 5.58. The van der Waals surface area contributed by atoms with E-state index in [1.54, 1.807) is 0 Å². The molecule has 19 heavy (non-hydrogen) atoms. The summed E-state index contributed by atoms with van der Waals surface area (Å²) in [5.41, 5.74) is 6.56. The predicted octanol–water partition coefficient (Wildman–Crippen LogP) is 1.16. The number of likely N-dealkylation sites (N-methyl/N-ethyl adjacent to an activating group) is 2. The fourth-order valence-electron chi connectivity index (χ4n) is 3.61. The Morgan fingerprint density at radius 1 is 1.32 bits per heavy atom. The number of nitrogens with zero attached hydrogens (tertiary/aromatic N) is 2. The van der Waals surface area contributed by atoms with Gasteiger partial charge in [-0.2, -0.15) is 0 Å². The van der Waals surface area contributed by atoms with Crippen molar-refractivity contribution in [3.8, 4) is 0 Å². The van der Waals surface area contributed by atoms with Gasteiger partial charge in [0, 0.05) is 36.7 Å². The van der Waals surface area contributed by atoms with Gasteiger partial charge in [0.25, 0.3) is 0 Å². The lowest BCUT2D eigenvalue weighted by molar-refractivity contribution is -0.0217. The molecule has 2 atom stereocenters. The van der Waals surface area contributed by atoms with Gasteiger partial charge < -0.3 is 15.4 Å². The van der Waals surface area contributed by atoms with Crippen molar-refractivity contribution >= 4 is 0 Å². The molecule has 112 valence electrons. The van der Waals surface area contributed by atoms with Crippen molar-refractivity contribution in [2.75, 3.05) is 47.4 Å². The second kappa shape index (κ2) is 5.68. The molecule has 2 N–H and O–H groups in total. The van der Waals surface area contributed by atoms with Crippen molar-refractivity contribution < 1.29 is 4.74 Å². The molecule has 2 fully saturated rings. The Balaban J connectivity index is 2.05. The van der Waals surface area contributed by atoms with Gasteiger partial charge in [-0.1, -0.05) is 0 Å². The predicted molar refractivity (Wildman–Crippen MR) is 79.3 cm³/mol. The zero-order valence-corrected chi connectivity index (χ0v) is 13.1. The summed E-state index contributed by atoms with van der Waals surface area (Å²) in [7, 11) is 6.67. The standard InChI is InChI=1S/C15H31N3O/c1-14(11-16,13-6-9-19-10-13)18(4)12-15(17(2)3)7-5-8-15/h13H,5-12,16H2,1-4H3. The molecular formula is C15H31N3O. The highest BCUT2D eigenvalue weighted by Gasteiger charge is 2.45. The first-order chi connectivity index (χ1) is 8.94. The van der Waals surface area contributed by atoms with Gasteiger partial charge in [0.1, 0.15) is 0 Å². The van der Waals surface area contributed by atoms with E-state index in [-0.39, 0.29) is 5.54 Å². The smallest absolute Gasteiger partial charge is 0.0513 e. The monoisotopic (exact) mass is 269 g/mol. The summed E-state index contributed by atoms with van der Waals surface area (Å²) in [4.78, 5) is 4.92. The van der Waals surface area contributed by atoms with Crippen molar-refractivity contribution in [2.24, 2.45) is 11.7 Å². The van der Waals surface area contributed by atoms with Gasteiger partial charge in [-0.15, -0.1) is 0 Å². The lowest BCUT2D eigenvalue weighted by atomic mass is 9.73. The van der Waals surface area contributed by atoms with Crippen LogP contribution in [-0.2, 0) is 4.74 Å². The maximum absolute atomic E-state index is 6.13. The Hall–Kier alpha value is -0.160. The van der Waals surface area contributed by atoms with Gasteiger partial charge >= 0.3 is 0 Å². The molecule has 1 aliphatic carbocycles. The minimum atomic E-state index is 0.0646. The molecule has 0 aromatic carbocycles. The Labute approximate surface area is 118 Å². The molecule has 0 amide bonds. The molecule has 2 aliphatic rings. The number of nitrogens with two attached hydrogens (primary N) is 1. The van der Waals surface area contributed by atoms with Crippen LogP contribution in [0, 0.1) is 5.92 Å². The third-order valence-electron chi connectivity index (χ3n) is 5.86. The molecule has 1 aliphatic heterocycles. The van der Waals surface area contributed by atoms with E-state index >= 15 is 0 Å². The maximum atomic E-state index is 6.13. The second-order valence-electron chi connectivity index (χ2n) is 6.95. The van der Waals surface area contributed by atoms with Gasteiger partial charge in [-0.25, -0.2) is 0 Å². The van der Waals surface area contributed by atoms with Crippen LogP contribution in [0.1, 0.15) is 32.6 Å². The molecule has 4 heteroatoms. The van der Waals surface area contributed by atoms with E-state index in [1.165, 1.54) is 19.3 Å². The molecule has 1 saturated carbocycles. The fraction of sp³-hybridized carbons (Fsp3) is 1.00. The summed E-state index contributed by atoms with van der Waals surface area (Å²) in [5, 5.41) is 0. The third kappa shape index (κ3) is 2.68. The SMILES string of the molecule is CN(C)C1(CN(C)C(C)(CN)C2CCOC2)CCC1. The van der Waals surface area contributed by atoms with Crippen LogP contribution in [0.25, 0.3) is 0 Å². The van der Waals surface area contributed by atoms with Gasteiger partial charge in [-0.3, -0.25) is 4.90 Å². The Morgan fingerprint density at radius 2 is 2.00 bits per heavy atom. The van der Waals surface area contributed by atoms with Crippen molar-refractivity contribution in [3.63, 3.8) is 0 Å². The molecule has 2 unspecified atom stereocenters. The first-order valence-corrected chi connectivity index (χ1v) is 7.61. The molecule has 0 radical (unpaired) electrons. The zero-order chi connectivity index (χ0) is 14.1. The van der Waals surface area contributed by atoms with E-state index in [0.717, 1.165) is 26.2 Å². The largest absolute Gasteiger partial charge is 0.381 e. The minimum Gasteiger partial charge on any atom is -0.381 e. The normalized spacial score (nSPS) is 29.5. The van der Waals surface area contributed by atoms with E-state index in [4.69, 9.17) is 10.5 Å². The number of hydrogen-bond donors (Lipinski definition) is 1. The average Bonchev–Trinajstić information content (AvgIpc) is 2.86. The van der Waals surface area contributed by atoms with Crippen LogP contribution in [0.4, 0.5) is 0 Å². The highest BCUT2D eigenvalue weighted by molar-refractivity contribution is 5.02. The summed E-state index contributed by atoms with van der Waals surface area (Å²) >= 11 is 0. The first kappa shape index (κ1) is 15.2. The lowest BCUT2D eigenvalue weighted by Gasteiger charge is -2.53. The lowest BCUT2D eigenvalue weighted by Crippen LogP contribution is -2.63. The van der Waals surface area contributed by atoms with E-state index in [1.807, 2.05) is 0 Å². The van der Waals surface area contributed by atoms with Crippen molar-refractivity contribution in [1.82, 2.24) is 9.80 Å².